The maximum absolute atomic E-state index is 13.4. The topological polar surface area (TPSA) is 60.2 Å². The van der Waals surface area contributed by atoms with Crippen molar-refractivity contribution < 1.29 is 9.53 Å². The number of aromatic nitrogens is 3. The highest BCUT2D eigenvalue weighted by molar-refractivity contribution is 8.00. The molecule has 6 nitrogen and oxygen atoms in total. The summed E-state index contributed by atoms with van der Waals surface area (Å²) < 4.78 is 7.67. The summed E-state index contributed by atoms with van der Waals surface area (Å²) in [5.41, 5.74) is 0.997. The van der Waals surface area contributed by atoms with Gasteiger partial charge in [-0.3, -0.25) is 9.36 Å². The van der Waals surface area contributed by atoms with Crippen molar-refractivity contribution in [2.45, 2.75) is 29.3 Å². The van der Waals surface area contributed by atoms with Crippen LogP contribution in [-0.2, 0) is 9.53 Å². The number of morpholine rings is 1. The summed E-state index contributed by atoms with van der Waals surface area (Å²) in [4.78, 5) is 16.5. The number of thioether (sulfide) groups is 1. The van der Waals surface area contributed by atoms with E-state index in [1.54, 1.807) is 11.3 Å². The molecule has 1 aliphatic carbocycles. The Morgan fingerprint density at radius 3 is 2.59 bits per heavy atom. The maximum atomic E-state index is 13.4. The Hall–Kier alpha value is -2.16. The molecule has 1 atom stereocenters. The summed E-state index contributed by atoms with van der Waals surface area (Å²) in [6.07, 6.45) is 2.27. The number of carbonyl (C=O) groups is 1. The zero-order valence-electron chi connectivity index (χ0n) is 15.9. The molecule has 0 radical (unpaired) electrons. The van der Waals surface area contributed by atoms with Crippen LogP contribution in [-0.4, -0.2) is 51.9 Å². The van der Waals surface area contributed by atoms with Crippen LogP contribution in [0.5, 0.6) is 0 Å². The molecule has 1 aliphatic heterocycles. The van der Waals surface area contributed by atoms with Crippen molar-refractivity contribution in [3.8, 4) is 10.7 Å². The van der Waals surface area contributed by atoms with Gasteiger partial charge in [0.05, 0.1) is 18.1 Å². The number of hydrogen-bond donors (Lipinski definition) is 0. The first-order chi connectivity index (χ1) is 14.3. The van der Waals surface area contributed by atoms with Crippen molar-refractivity contribution >= 4 is 29.0 Å². The number of thiophene rings is 1. The fraction of sp³-hybridized carbons (Fsp3) is 0.381. The van der Waals surface area contributed by atoms with Gasteiger partial charge in [-0.1, -0.05) is 48.2 Å². The summed E-state index contributed by atoms with van der Waals surface area (Å²) in [6, 6.07) is 14.5. The Kier molecular flexibility index (Phi) is 5.39. The lowest BCUT2D eigenvalue weighted by molar-refractivity contribution is -0.134. The third-order valence-corrected chi connectivity index (χ3v) is 7.26. The van der Waals surface area contributed by atoms with Gasteiger partial charge >= 0.3 is 0 Å². The van der Waals surface area contributed by atoms with Gasteiger partial charge in [0.15, 0.2) is 11.0 Å². The van der Waals surface area contributed by atoms with Gasteiger partial charge in [-0.15, -0.1) is 21.5 Å². The minimum absolute atomic E-state index is 0.118. The highest BCUT2D eigenvalue weighted by Gasteiger charge is 2.34. The van der Waals surface area contributed by atoms with Crippen LogP contribution < -0.4 is 0 Å². The monoisotopic (exact) mass is 426 g/mol. The molecule has 0 bridgehead atoms. The largest absolute Gasteiger partial charge is 0.378 e. The number of hydrogen-bond acceptors (Lipinski definition) is 6. The third kappa shape index (κ3) is 3.97. The second-order valence-corrected chi connectivity index (χ2v) is 9.25. The van der Waals surface area contributed by atoms with E-state index in [-0.39, 0.29) is 11.2 Å². The molecule has 2 fully saturated rings. The second kappa shape index (κ2) is 8.30. The van der Waals surface area contributed by atoms with Gasteiger partial charge in [-0.05, 0) is 29.9 Å². The van der Waals surface area contributed by atoms with Gasteiger partial charge in [-0.2, -0.15) is 0 Å². The molecule has 3 heterocycles. The van der Waals surface area contributed by atoms with Gasteiger partial charge < -0.3 is 9.64 Å². The molecule has 1 saturated heterocycles. The van der Waals surface area contributed by atoms with Crippen LogP contribution in [0.3, 0.4) is 0 Å². The van der Waals surface area contributed by atoms with E-state index < -0.39 is 0 Å². The lowest BCUT2D eigenvalue weighted by Crippen LogP contribution is -2.42. The first-order valence-electron chi connectivity index (χ1n) is 9.88. The number of carbonyl (C=O) groups excluding carboxylic acids is 1. The number of benzene rings is 1. The molecule has 2 aliphatic rings. The molecule has 1 aromatic carbocycles. The van der Waals surface area contributed by atoms with E-state index in [9.17, 15) is 4.79 Å². The SMILES string of the molecule is O=C([C@H](Sc1nnc(-c2cccs2)n1C1CC1)c1ccccc1)N1CCOCC1. The fourth-order valence-corrected chi connectivity index (χ4v) is 5.43. The Labute approximate surface area is 177 Å². The molecule has 5 rings (SSSR count). The average molecular weight is 427 g/mol. The molecule has 0 N–H and O–H groups in total. The van der Waals surface area contributed by atoms with Crippen LogP contribution in [0.25, 0.3) is 10.7 Å². The summed E-state index contributed by atoms with van der Waals surface area (Å²) in [5.74, 6) is 1.03. The Morgan fingerprint density at radius 2 is 1.90 bits per heavy atom. The molecular weight excluding hydrogens is 404 g/mol. The van der Waals surface area contributed by atoms with Crippen LogP contribution in [0.15, 0.2) is 53.0 Å². The maximum Gasteiger partial charge on any atom is 0.240 e. The lowest BCUT2D eigenvalue weighted by atomic mass is 10.1. The first-order valence-corrected chi connectivity index (χ1v) is 11.6. The summed E-state index contributed by atoms with van der Waals surface area (Å²) in [5, 5.41) is 11.6. The number of amides is 1. The third-order valence-electron chi connectivity index (χ3n) is 5.19. The van der Waals surface area contributed by atoms with Crippen molar-refractivity contribution in [3.05, 3.63) is 53.4 Å². The zero-order valence-corrected chi connectivity index (χ0v) is 17.6. The molecular formula is C21H22N4O2S2. The highest BCUT2D eigenvalue weighted by atomic mass is 32.2. The molecule has 0 unspecified atom stereocenters. The van der Waals surface area contributed by atoms with Crippen molar-refractivity contribution in [1.82, 2.24) is 19.7 Å². The van der Waals surface area contributed by atoms with Gasteiger partial charge in [0.1, 0.15) is 5.25 Å². The quantitative estimate of drug-likeness (QED) is 0.557. The van der Waals surface area contributed by atoms with Crippen molar-refractivity contribution in [3.63, 3.8) is 0 Å². The van der Waals surface area contributed by atoms with E-state index in [0.717, 1.165) is 34.3 Å². The zero-order chi connectivity index (χ0) is 19.6. The standard InChI is InChI=1S/C21H22N4O2S2/c26-20(24-10-12-27-13-11-24)18(15-5-2-1-3-6-15)29-21-23-22-19(17-7-4-14-28-17)25(21)16-8-9-16/h1-7,14,16,18H,8-13H2/t18-/m1/s1. The molecule has 1 amide bonds. The molecule has 29 heavy (non-hydrogen) atoms. The molecule has 3 aromatic rings. The minimum atomic E-state index is -0.341. The molecule has 1 saturated carbocycles. The number of ether oxygens (including phenoxy) is 1. The molecule has 2 aromatic heterocycles. The van der Waals surface area contributed by atoms with Gasteiger partial charge in [0.25, 0.3) is 0 Å². The van der Waals surface area contributed by atoms with Crippen molar-refractivity contribution in [2.75, 3.05) is 26.3 Å². The predicted molar refractivity (Wildman–Crippen MR) is 114 cm³/mol. The minimum Gasteiger partial charge on any atom is -0.378 e. The van der Waals surface area contributed by atoms with E-state index in [2.05, 4.69) is 26.2 Å². The van der Waals surface area contributed by atoms with Crippen LogP contribution in [0.2, 0.25) is 0 Å². The highest BCUT2D eigenvalue weighted by Crippen LogP contribution is 2.45. The van der Waals surface area contributed by atoms with Crippen LogP contribution in [0.4, 0.5) is 0 Å². The summed E-state index contributed by atoms with van der Waals surface area (Å²) in [7, 11) is 0. The van der Waals surface area contributed by atoms with Gasteiger partial charge in [0, 0.05) is 19.1 Å². The first kappa shape index (κ1) is 18.8. The predicted octanol–water partition coefficient (Wildman–Crippen LogP) is 4.03. The fourth-order valence-electron chi connectivity index (χ4n) is 3.54. The van der Waals surface area contributed by atoms with Crippen molar-refractivity contribution in [1.29, 1.82) is 0 Å². The van der Waals surface area contributed by atoms with Crippen LogP contribution in [0.1, 0.15) is 29.7 Å². The Morgan fingerprint density at radius 1 is 1.10 bits per heavy atom. The molecule has 0 spiro atoms. The summed E-state index contributed by atoms with van der Waals surface area (Å²) in [6.45, 7) is 2.47. The second-order valence-electron chi connectivity index (χ2n) is 7.23. The number of nitrogens with zero attached hydrogens (tertiary/aromatic N) is 4. The molecule has 8 heteroatoms. The smallest absolute Gasteiger partial charge is 0.240 e. The Bertz CT molecular complexity index is 964. The van der Waals surface area contributed by atoms with E-state index >= 15 is 0 Å². The van der Waals surface area contributed by atoms with Gasteiger partial charge in [0.2, 0.25) is 5.91 Å². The van der Waals surface area contributed by atoms with Crippen molar-refractivity contribution in [2.24, 2.45) is 0 Å². The number of rotatable bonds is 6. The van der Waals surface area contributed by atoms with E-state index in [4.69, 9.17) is 4.74 Å². The van der Waals surface area contributed by atoms with E-state index in [1.165, 1.54) is 11.8 Å². The van der Waals surface area contributed by atoms with Crippen LogP contribution in [0, 0.1) is 0 Å². The lowest BCUT2D eigenvalue weighted by Gasteiger charge is -2.30. The van der Waals surface area contributed by atoms with E-state index in [1.807, 2.05) is 41.3 Å². The summed E-state index contributed by atoms with van der Waals surface area (Å²) >= 11 is 3.19. The average Bonchev–Trinajstić information content (AvgIpc) is 3.30. The van der Waals surface area contributed by atoms with Crippen LogP contribution >= 0.6 is 23.1 Å². The van der Waals surface area contributed by atoms with Gasteiger partial charge in [-0.25, -0.2) is 0 Å². The molecule has 150 valence electrons. The Balaban J connectivity index is 1.49. The van der Waals surface area contributed by atoms with E-state index in [0.29, 0.717) is 32.3 Å². The normalized spacial score (nSPS) is 18.0.